The number of aromatic amines is 1. The standard InChI is InChI=1S/C44H57N9O5/c1-9-16-51(40(54)18-26(2)3)25-39-47-24-36(48-39)30-12-14-33-34(20-30)49-42(55)28(6)53-37-15-13-29(19-31(37)21-38(33)53)35(23-45-7)46-22-32-11-10-17-52(32)43(56)41(27(4)5)50-44(57)58-8/h12-15,19-21,23-24,26-28,32,41,46H,7,9-11,16-18,22,25H2,1-6,8H3,(H,47,48)(H,49,55)(H,50,57)/b35-23-. The summed E-state index contributed by atoms with van der Waals surface area (Å²) in [7, 11) is 1.29. The van der Waals surface area contributed by atoms with Crippen molar-refractivity contribution in [2.24, 2.45) is 16.8 Å². The summed E-state index contributed by atoms with van der Waals surface area (Å²) in [5, 5.41) is 10.3. The summed E-state index contributed by atoms with van der Waals surface area (Å²) in [4.78, 5) is 68.0. The molecule has 4 amide bonds. The van der Waals surface area contributed by atoms with Crippen LogP contribution in [0.15, 0.2) is 59.9 Å². The molecule has 0 spiro atoms. The number of carbonyl (C=O) groups is 4. The minimum atomic E-state index is -0.691. The van der Waals surface area contributed by atoms with Crippen molar-refractivity contribution in [1.82, 2.24) is 35.0 Å². The number of hydrogen-bond acceptors (Lipinski definition) is 8. The molecule has 4 N–H and O–H groups in total. The molecule has 14 nitrogen and oxygen atoms in total. The quantitative estimate of drug-likeness (QED) is 0.0946. The fourth-order valence-corrected chi connectivity index (χ4v) is 7.99. The zero-order valence-corrected chi connectivity index (χ0v) is 34.7. The second-order valence-corrected chi connectivity index (χ2v) is 16.0. The number of carbonyl (C=O) groups excluding carboxylic acids is 4. The number of aliphatic imine (C=N–C) groups is 1. The van der Waals surface area contributed by atoms with Gasteiger partial charge in [-0.15, -0.1) is 0 Å². The molecule has 6 rings (SSSR count). The summed E-state index contributed by atoms with van der Waals surface area (Å²) in [5.74, 6) is 0.741. The van der Waals surface area contributed by atoms with Gasteiger partial charge in [-0.2, -0.15) is 0 Å². The van der Waals surface area contributed by atoms with Crippen molar-refractivity contribution in [3.05, 3.63) is 66.2 Å². The molecule has 58 heavy (non-hydrogen) atoms. The van der Waals surface area contributed by atoms with Gasteiger partial charge in [0.1, 0.15) is 17.9 Å². The fraction of sp³-hybridized carbons (Fsp3) is 0.455. The zero-order valence-electron chi connectivity index (χ0n) is 34.7. The van der Waals surface area contributed by atoms with Gasteiger partial charge in [0.05, 0.1) is 42.6 Å². The Hall–Kier alpha value is -5.92. The van der Waals surface area contributed by atoms with Crippen molar-refractivity contribution >= 4 is 52.8 Å². The third-order valence-corrected chi connectivity index (χ3v) is 11.0. The largest absolute Gasteiger partial charge is 0.453 e. The second-order valence-electron chi connectivity index (χ2n) is 16.0. The van der Waals surface area contributed by atoms with Crippen molar-refractivity contribution in [2.75, 3.05) is 32.1 Å². The third kappa shape index (κ3) is 8.95. The Labute approximate surface area is 340 Å². The molecule has 0 aliphatic carbocycles. The first kappa shape index (κ1) is 41.7. The number of amides is 4. The number of nitrogens with one attached hydrogen (secondary N) is 4. The Morgan fingerprint density at radius 1 is 1.14 bits per heavy atom. The Kier molecular flexibility index (Phi) is 13.0. The number of fused-ring (bicyclic) bond motifs is 5. The average molecular weight is 792 g/mol. The topological polar surface area (TPSA) is 166 Å². The van der Waals surface area contributed by atoms with Gasteiger partial charge in [-0.25, -0.2) is 9.78 Å². The molecule has 4 aromatic rings. The molecule has 308 valence electrons. The summed E-state index contributed by atoms with van der Waals surface area (Å²) < 4.78 is 6.85. The SMILES string of the molecule is C=N/C=C(\NCC1CCCN1C(=O)C(NC(=O)OC)C(C)C)c1ccc2c(c1)cc1n2C(C)C(=O)Nc2cc(-c3cnc(CN(CCC)C(=O)CC(C)C)[nH]3)ccc2-1. The maximum Gasteiger partial charge on any atom is 0.407 e. The van der Waals surface area contributed by atoms with Gasteiger partial charge in [0, 0.05) is 60.3 Å². The first-order valence-electron chi connectivity index (χ1n) is 20.3. The van der Waals surface area contributed by atoms with Crippen molar-refractivity contribution in [3.8, 4) is 22.5 Å². The van der Waals surface area contributed by atoms with Gasteiger partial charge >= 0.3 is 6.09 Å². The van der Waals surface area contributed by atoms with Gasteiger partial charge in [-0.1, -0.05) is 52.8 Å². The normalized spacial score (nSPS) is 17.1. The van der Waals surface area contributed by atoms with Crippen molar-refractivity contribution in [3.63, 3.8) is 0 Å². The molecule has 0 radical (unpaired) electrons. The Bertz CT molecular complexity index is 2200. The molecular formula is C44H57N9O5. The van der Waals surface area contributed by atoms with Gasteiger partial charge in [-0.3, -0.25) is 19.4 Å². The highest BCUT2D eigenvalue weighted by Gasteiger charge is 2.36. The molecule has 1 saturated heterocycles. The highest BCUT2D eigenvalue weighted by atomic mass is 16.5. The van der Waals surface area contributed by atoms with Crippen LogP contribution in [-0.2, 0) is 25.7 Å². The molecule has 2 aliphatic rings. The van der Waals surface area contributed by atoms with Crippen LogP contribution in [0.5, 0.6) is 0 Å². The lowest BCUT2D eigenvalue weighted by atomic mass is 10.0. The Morgan fingerprint density at radius 3 is 2.64 bits per heavy atom. The van der Waals surface area contributed by atoms with E-state index < -0.39 is 18.2 Å². The second kappa shape index (κ2) is 18.1. The van der Waals surface area contributed by atoms with E-state index in [9.17, 15) is 19.2 Å². The predicted molar refractivity (Wildman–Crippen MR) is 228 cm³/mol. The highest BCUT2D eigenvalue weighted by molar-refractivity contribution is 6.04. The molecule has 3 atom stereocenters. The average Bonchev–Trinajstić information content (AvgIpc) is 3.94. The maximum atomic E-state index is 13.7. The molecule has 4 heterocycles. The van der Waals surface area contributed by atoms with E-state index in [1.807, 2.05) is 74.8 Å². The van der Waals surface area contributed by atoms with Crippen LogP contribution in [0.4, 0.5) is 10.5 Å². The smallest absolute Gasteiger partial charge is 0.407 e. The molecule has 2 aliphatic heterocycles. The fourth-order valence-electron chi connectivity index (χ4n) is 7.99. The van der Waals surface area contributed by atoms with Gasteiger partial charge in [0.2, 0.25) is 17.7 Å². The molecule has 14 heteroatoms. The van der Waals surface area contributed by atoms with Crippen LogP contribution >= 0.6 is 0 Å². The van der Waals surface area contributed by atoms with Crippen LogP contribution in [0.2, 0.25) is 0 Å². The maximum absolute atomic E-state index is 13.7. The number of imidazole rings is 1. The number of rotatable bonds is 15. The third-order valence-electron chi connectivity index (χ3n) is 11.0. The van der Waals surface area contributed by atoms with Crippen LogP contribution < -0.4 is 16.0 Å². The molecule has 3 unspecified atom stereocenters. The van der Waals surface area contributed by atoms with E-state index in [1.54, 1.807) is 12.4 Å². The molecule has 0 bridgehead atoms. The number of ether oxygens (including phenoxy) is 1. The monoisotopic (exact) mass is 791 g/mol. The van der Waals surface area contributed by atoms with Crippen molar-refractivity contribution in [2.45, 2.75) is 91.9 Å². The lowest BCUT2D eigenvalue weighted by Crippen LogP contribution is -2.53. The number of hydrogen-bond donors (Lipinski definition) is 4. The van der Waals surface area contributed by atoms with Crippen LogP contribution in [0.3, 0.4) is 0 Å². The number of methoxy groups -OCH3 is 1. The highest BCUT2D eigenvalue weighted by Crippen LogP contribution is 2.40. The van der Waals surface area contributed by atoms with Gasteiger partial charge in [0.15, 0.2) is 0 Å². The van der Waals surface area contributed by atoms with Crippen molar-refractivity contribution in [1.29, 1.82) is 0 Å². The lowest BCUT2D eigenvalue weighted by Gasteiger charge is -2.31. The van der Waals surface area contributed by atoms with E-state index in [0.29, 0.717) is 44.1 Å². The van der Waals surface area contributed by atoms with E-state index in [0.717, 1.165) is 63.9 Å². The molecular weight excluding hydrogens is 735 g/mol. The summed E-state index contributed by atoms with van der Waals surface area (Å²) in [6.45, 7) is 17.7. The van der Waals surface area contributed by atoms with Crippen LogP contribution in [0, 0.1) is 11.8 Å². The van der Waals surface area contributed by atoms with Crippen LogP contribution in [0.25, 0.3) is 39.1 Å². The van der Waals surface area contributed by atoms with Crippen LogP contribution in [-0.4, -0.2) is 93.7 Å². The summed E-state index contributed by atoms with van der Waals surface area (Å²) in [5.41, 5.74) is 6.71. The number of H-pyrrole nitrogens is 1. The van der Waals surface area contributed by atoms with E-state index in [1.165, 1.54) is 7.11 Å². The zero-order chi connectivity index (χ0) is 41.7. The summed E-state index contributed by atoms with van der Waals surface area (Å²) in [6.07, 6.45) is 5.86. The number of aromatic nitrogens is 3. The number of nitrogens with zero attached hydrogens (tertiary/aromatic N) is 5. The lowest BCUT2D eigenvalue weighted by molar-refractivity contribution is -0.135. The van der Waals surface area contributed by atoms with E-state index in [2.05, 4.69) is 61.3 Å². The van der Waals surface area contributed by atoms with Gasteiger partial charge < -0.3 is 40.0 Å². The molecule has 0 saturated carbocycles. The van der Waals surface area contributed by atoms with Gasteiger partial charge in [-0.05, 0) is 74.6 Å². The predicted octanol–water partition coefficient (Wildman–Crippen LogP) is 6.96. The first-order chi connectivity index (χ1) is 27.8. The summed E-state index contributed by atoms with van der Waals surface area (Å²) >= 11 is 0. The Morgan fingerprint density at radius 2 is 1.93 bits per heavy atom. The number of alkyl carbamates (subject to hydrolysis) is 1. The van der Waals surface area contributed by atoms with E-state index >= 15 is 0 Å². The van der Waals surface area contributed by atoms with Crippen LogP contribution in [0.1, 0.15) is 84.7 Å². The first-order valence-corrected chi connectivity index (χ1v) is 20.3. The molecule has 2 aromatic heterocycles. The minimum absolute atomic E-state index is 0.0838. The van der Waals surface area contributed by atoms with E-state index in [4.69, 9.17) is 4.74 Å². The van der Waals surface area contributed by atoms with Gasteiger partial charge in [0.25, 0.3) is 0 Å². The summed E-state index contributed by atoms with van der Waals surface area (Å²) in [6, 6.07) is 13.0. The minimum Gasteiger partial charge on any atom is -0.453 e. The number of likely N-dealkylation sites (tertiary alicyclic amines) is 1. The Balaban J connectivity index is 1.24. The molecule has 2 aromatic carbocycles. The molecule has 1 fully saturated rings. The van der Waals surface area contributed by atoms with E-state index in [-0.39, 0.29) is 35.6 Å². The number of anilines is 1. The number of benzene rings is 2. The van der Waals surface area contributed by atoms with Crippen molar-refractivity contribution < 1.29 is 23.9 Å².